The minimum atomic E-state index is -1.04. The second-order valence-electron chi connectivity index (χ2n) is 2.98. The lowest BCUT2D eigenvalue weighted by Gasteiger charge is -2.03. The summed E-state index contributed by atoms with van der Waals surface area (Å²) in [7, 11) is 0. The van der Waals surface area contributed by atoms with Crippen molar-refractivity contribution < 1.29 is 19.2 Å². The molecule has 0 fully saturated rings. The fraction of sp³-hybridized carbons (Fsp3) is 0.100. The van der Waals surface area contributed by atoms with Gasteiger partial charge in [-0.25, -0.2) is 4.79 Å². The molecule has 0 saturated carbocycles. The second-order valence-corrected chi connectivity index (χ2v) is 2.98. The first-order valence-corrected chi connectivity index (χ1v) is 4.46. The average molecular weight is 220 g/mol. The van der Waals surface area contributed by atoms with E-state index in [-0.39, 0.29) is 12.2 Å². The van der Waals surface area contributed by atoms with Crippen LogP contribution in [0.3, 0.4) is 0 Å². The molecule has 0 atom stereocenters. The molecule has 16 heavy (non-hydrogen) atoms. The van der Waals surface area contributed by atoms with Gasteiger partial charge in [-0.15, -0.1) is 0 Å². The molecule has 0 spiro atoms. The molecule has 0 aliphatic rings. The van der Waals surface area contributed by atoms with E-state index in [0.717, 1.165) is 0 Å². The molecule has 2 aromatic rings. The predicted molar refractivity (Wildman–Crippen MR) is 52.0 cm³/mol. The van der Waals surface area contributed by atoms with Gasteiger partial charge in [0.1, 0.15) is 12.4 Å². The Kier molecular flexibility index (Phi) is 2.81. The molecule has 0 aromatic carbocycles. The number of carboxylic acid groups (broad SMARTS) is 1. The normalized spacial score (nSPS) is 10.0. The van der Waals surface area contributed by atoms with Gasteiger partial charge in [-0.2, -0.15) is 0 Å². The van der Waals surface area contributed by atoms with Crippen LogP contribution in [-0.4, -0.2) is 21.2 Å². The van der Waals surface area contributed by atoms with Crippen LogP contribution < -0.4 is 4.74 Å². The Labute approximate surface area is 90.5 Å². The molecule has 0 aliphatic carbocycles. The quantitative estimate of drug-likeness (QED) is 0.836. The van der Waals surface area contributed by atoms with Crippen LogP contribution in [0.2, 0.25) is 0 Å². The van der Waals surface area contributed by atoms with Crippen molar-refractivity contribution in [3.05, 3.63) is 42.0 Å². The standard InChI is InChI=1S/C10H8N2O4/c13-10(14)7-3-9(5-11-4-7)15-6-8-1-2-12-16-8/h1-5H,6H2,(H,13,14). The van der Waals surface area contributed by atoms with E-state index in [2.05, 4.69) is 10.1 Å². The fourth-order valence-electron chi connectivity index (χ4n) is 1.09. The number of carbonyl (C=O) groups is 1. The Morgan fingerprint density at radius 3 is 3.06 bits per heavy atom. The summed E-state index contributed by atoms with van der Waals surface area (Å²) in [5.41, 5.74) is 0.0788. The third kappa shape index (κ3) is 2.35. The smallest absolute Gasteiger partial charge is 0.337 e. The van der Waals surface area contributed by atoms with E-state index in [0.29, 0.717) is 11.5 Å². The van der Waals surface area contributed by atoms with Crippen LogP contribution in [-0.2, 0) is 6.61 Å². The summed E-state index contributed by atoms with van der Waals surface area (Å²) in [6.45, 7) is 0.185. The van der Waals surface area contributed by atoms with Crippen LogP contribution >= 0.6 is 0 Å². The third-order valence-electron chi connectivity index (χ3n) is 1.83. The summed E-state index contributed by atoms with van der Waals surface area (Å²) < 4.78 is 10.1. The molecule has 6 heteroatoms. The molecule has 0 amide bonds. The SMILES string of the molecule is O=C(O)c1cncc(OCc2ccno2)c1. The average Bonchev–Trinajstić information content (AvgIpc) is 2.79. The molecule has 6 nitrogen and oxygen atoms in total. The Hall–Kier alpha value is -2.37. The second kappa shape index (κ2) is 4.43. The lowest BCUT2D eigenvalue weighted by Crippen LogP contribution is -1.99. The van der Waals surface area contributed by atoms with E-state index in [4.69, 9.17) is 14.4 Å². The lowest BCUT2D eigenvalue weighted by molar-refractivity contribution is 0.0696. The topological polar surface area (TPSA) is 85.5 Å². The van der Waals surface area contributed by atoms with Gasteiger partial charge in [-0.3, -0.25) is 4.98 Å². The third-order valence-corrected chi connectivity index (χ3v) is 1.83. The van der Waals surface area contributed by atoms with Crippen LogP contribution in [0, 0.1) is 0 Å². The highest BCUT2D eigenvalue weighted by Gasteiger charge is 2.05. The zero-order valence-electron chi connectivity index (χ0n) is 8.16. The number of nitrogens with zero attached hydrogens (tertiary/aromatic N) is 2. The van der Waals surface area contributed by atoms with Gasteiger partial charge in [0.2, 0.25) is 0 Å². The Morgan fingerprint density at radius 2 is 2.38 bits per heavy atom. The number of ether oxygens (including phenoxy) is 1. The van der Waals surface area contributed by atoms with Crippen molar-refractivity contribution in [3.8, 4) is 5.75 Å². The molecule has 0 radical (unpaired) electrons. The molecular weight excluding hydrogens is 212 g/mol. The molecular formula is C10H8N2O4. The lowest BCUT2D eigenvalue weighted by atomic mass is 10.3. The van der Waals surface area contributed by atoms with Crippen molar-refractivity contribution in [1.82, 2.24) is 10.1 Å². The molecule has 2 rings (SSSR count). The number of hydrogen-bond donors (Lipinski definition) is 1. The number of pyridine rings is 1. The van der Waals surface area contributed by atoms with Crippen molar-refractivity contribution in [2.45, 2.75) is 6.61 Å². The maximum absolute atomic E-state index is 10.7. The van der Waals surface area contributed by atoms with Crippen molar-refractivity contribution in [2.24, 2.45) is 0 Å². The Balaban J connectivity index is 2.04. The molecule has 0 unspecified atom stereocenters. The summed E-state index contributed by atoms with van der Waals surface area (Å²) >= 11 is 0. The molecule has 0 bridgehead atoms. The van der Waals surface area contributed by atoms with Gasteiger partial charge in [0.15, 0.2) is 5.76 Å². The van der Waals surface area contributed by atoms with E-state index in [1.807, 2.05) is 0 Å². The summed E-state index contributed by atoms with van der Waals surface area (Å²) in [5, 5.41) is 12.3. The van der Waals surface area contributed by atoms with Crippen LogP contribution in [0.1, 0.15) is 16.1 Å². The molecule has 2 aromatic heterocycles. The van der Waals surface area contributed by atoms with E-state index >= 15 is 0 Å². The maximum Gasteiger partial charge on any atom is 0.337 e. The first kappa shape index (κ1) is 10.2. The van der Waals surface area contributed by atoms with E-state index in [9.17, 15) is 4.79 Å². The van der Waals surface area contributed by atoms with Crippen molar-refractivity contribution >= 4 is 5.97 Å². The molecule has 2 heterocycles. The number of aromatic carboxylic acids is 1. The molecule has 0 saturated heterocycles. The number of hydrogen-bond acceptors (Lipinski definition) is 5. The monoisotopic (exact) mass is 220 g/mol. The van der Waals surface area contributed by atoms with Crippen molar-refractivity contribution in [3.63, 3.8) is 0 Å². The summed E-state index contributed by atoms with van der Waals surface area (Å²) in [4.78, 5) is 14.4. The van der Waals surface area contributed by atoms with Gasteiger partial charge in [-0.1, -0.05) is 5.16 Å². The van der Waals surface area contributed by atoms with Gasteiger partial charge in [0.25, 0.3) is 0 Å². The fourth-order valence-corrected chi connectivity index (χ4v) is 1.09. The first-order valence-electron chi connectivity index (χ1n) is 4.46. The molecule has 0 aliphatic heterocycles. The van der Waals surface area contributed by atoms with Crippen LogP contribution in [0.5, 0.6) is 5.75 Å². The van der Waals surface area contributed by atoms with E-state index in [1.54, 1.807) is 6.07 Å². The highest BCUT2D eigenvalue weighted by Crippen LogP contribution is 2.13. The van der Waals surface area contributed by atoms with Crippen molar-refractivity contribution in [2.75, 3.05) is 0 Å². The van der Waals surface area contributed by atoms with Crippen LogP contribution in [0.4, 0.5) is 0 Å². The van der Waals surface area contributed by atoms with Gasteiger partial charge in [-0.05, 0) is 6.07 Å². The summed E-state index contributed by atoms with van der Waals surface area (Å²) in [6, 6.07) is 3.06. The zero-order valence-corrected chi connectivity index (χ0v) is 8.16. The Bertz CT molecular complexity index is 481. The van der Waals surface area contributed by atoms with Gasteiger partial charge in [0.05, 0.1) is 18.0 Å². The first-order chi connectivity index (χ1) is 7.75. The predicted octanol–water partition coefficient (Wildman–Crippen LogP) is 1.35. The van der Waals surface area contributed by atoms with Crippen LogP contribution in [0.15, 0.2) is 35.2 Å². The van der Waals surface area contributed by atoms with Gasteiger partial charge in [0, 0.05) is 12.3 Å². The zero-order chi connectivity index (χ0) is 11.4. The van der Waals surface area contributed by atoms with Crippen LogP contribution in [0.25, 0.3) is 0 Å². The minimum absolute atomic E-state index is 0.0788. The van der Waals surface area contributed by atoms with Gasteiger partial charge < -0.3 is 14.4 Å². The van der Waals surface area contributed by atoms with E-state index < -0.39 is 5.97 Å². The highest BCUT2D eigenvalue weighted by molar-refractivity contribution is 5.87. The highest BCUT2D eigenvalue weighted by atomic mass is 16.5. The van der Waals surface area contributed by atoms with Gasteiger partial charge >= 0.3 is 5.97 Å². The Morgan fingerprint density at radius 1 is 1.50 bits per heavy atom. The largest absolute Gasteiger partial charge is 0.484 e. The van der Waals surface area contributed by atoms with Crippen molar-refractivity contribution in [1.29, 1.82) is 0 Å². The molecule has 1 N–H and O–H groups in total. The summed E-state index contributed by atoms with van der Waals surface area (Å²) in [5.74, 6) is -0.116. The number of rotatable bonds is 4. The maximum atomic E-state index is 10.7. The number of aromatic nitrogens is 2. The van der Waals surface area contributed by atoms with E-state index in [1.165, 1.54) is 24.7 Å². The molecule has 82 valence electrons. The minimum Gasteiger partial charge on any atom is -0.484 e. The number of carboxylic acids is 1. The summed E-state index contributed by atoms with van der Waals surface area (Å²) in [6.07, 6.45) is 4.19.